The normalized spacial score (nSPS) is 15.5. The van der Waals surface area contributed by atoms with Gasteiger partial charge in [-0.15, -0.1) is 0 Å². The average Bonchev–Trinajstić information content (AvgIpc) is 3.23. The van der Waals surface area contributed by atoms with Crippen molar-refractivity contribution in [3.8, 4) is 0 Å². The number of amides is 1. The Labute approximate surface area is 165 Å². The zero-order valence-corrected chi connectivity index (χ0v) is 15.5. The first-order valence-electron chi connectivity index (χ1n) is 8.96. The molecule has 0 spiro atoms. The summed E-state index contributed by atoms with van der Waals surface area (Å²) in [5.41, 5.74) is 1.60. The van der Waals surface area contributed by atoms with Crippen molar-refractivity contribution in [3.63, 3.8) is 0 Å². The maximum Gasteiger partial charge on any atom is 0.339 e. The topological polar surface area (TPSA) is 77.0 Å². The molecule has 1 aliphatic heterocycles. The molecule has 3 aromatic rings. The summed E-state index contributed by atoms with van der Waals surface area (Å²) in [4.78, 5) is 30.2. The first-order valence-corrected chi connectivity index (χ1v) is 8.96. The van der Waals surface area contributed by atoms with Gasteiger partial charge in [0.1, 0.15) is 5.82 Å². The number of benzene rings is 3. The minimum Gasteiger partial charge on any atom is -0.465 e. The second-order valence-electron chi connectivity index (χ2n) is 6.57. The van der Waals surface area contributed by atoms with Crippen LogP contribution in [0.1, 0.15) is 22.3 Å². The van der Waals surface area contributed by atoms with Crippen molar-refractivity contribution in [2.24, 2.45) is 5.16 Å². The Balaban J connectivity index is 1.56. The van der Waals surface area contributed by atoms with Gasteiger partial charge in [-0.1, -0.05) is 41.6 Å². The summed E-state index contributed by atoms with van der Waals surface area (Å²) in [6.07, 6.45) is -0.693. The fraction of sp³-hybridized carbons (Fsp3) is 0.136. The molecule has 0 saturated carbocycles. The predicted molar refractivity (Wildman–Crippen MR) is 106 cm³/mol. The lowest BCUT2D eigenvalue weighted by atomic mass is 10.0. The number of hydrogen-bond acceptors (Lipinski definition) is 5. The van der Waals surface area contributed by atoms with Crippen molar-refractivity contribution in [1.29, 1.82) is 0 Å². The van der Waals surface area contributed by atoms with Crippen molar-refractivity contribution < 1.29 is 23.6 Å². The van der Waals surface area contributed by atoms with Crippen LogP contribution in [0.4, 0.5) is 10.1 Å². The minimum absolute atomic E-state index is 0.191. The lowest BCUT2D eigenvalue weighted by Gasteiger charge is -2.14. The van der Waals surface area contributed by atoms with Gasteiger partial charge in [-0.2, -0.15) is 0 Å². The molecule has 1 aliphatic rings. The number of anilines is 1. The van der Waals surface area contributed by atoms with E-state index in [0.29, 0.717) is 17.0 Å². The summed E-state index contributed by atoms with van der Waals surface area (Å²) in [6, 6.07) is 16.8. The quantitative estimate of drug-likeness (QED) is 0.684. The smallest absolute Gasteiger partial charge is 0.339 e. The van der Waals surface area contributed by atoms with Gasteiger partial charge in [0.05, 0.1) is 24.1 Å². The highest BCUT2D eigenvalue weighted by molar-refractivity contribution is 6.09. The Kier molecular flexibility index (Phi) is 4.95. The standard InChI is InChI=1S/C22H17FN2O4/c1-28-22(27)17-10-13-5-2-3-6-14(13)11-19(17)24-21(26)20-12-18(25-29-20)15-7-4-8-16(23)9-15/h2-11,20H,12H2,1H3,(H,24,26)/t20-/m0/s1. The first-order chi connectivity index (χ1) is 14.0. The molecule has 6 nitrogen and oxygen atoms in total. The molecule has 0 bridgehead atoms. The van der Waals surface area contributed by atoms with E-state index in [2.05, 4.69) is 10.5 Å². The highest BCUT2D eigenvalue weighted by atomic mass is 19.1. The van der Waals surface area contributed by atoms with Gasteiger partial charge in [-0.25, -0.2) is 9.18 Å². The summed E-state index contributed by atoms with van der Waals surface area (Å²) in [5, 5.41) is 8.35. The number of methoxy groups -OCH3 is 1. The number of carbonyl (C=O) groups is 2. The van der Waals surface area contributed by atoms with Crippen LogP contribution in [0.3, 0.4) is 0 Å². The SMILES string of the molecule is COC(=O)c1cc2ccccc2cc1NC(=O)[C@@H]1CC(c2cccc(F)c2)=NO1. The Morgan fingerprint density at radius 1 is 1.10 bits per heavy atom. The Morgan fingerprint density at radius 2 is 1.86 bits per heavy atom. The van der Waals surface area contributed by atoms with E-state index in [1.807, 2.05) is 24.3 Å². The van der Waals surface area contributed by atoms with Crippen LogP contribution in [0, 0.1) is 5.82 Å². The van der Waals surface area contributed by atoms with Crippen molar-refractivity contribution in [1.82, 2.24) is 0 Å². The van der Waals surface area contributed by atoms with E-state index in [9.17, 15) is 14.0 Å². The van der Waals surface area contributed by atoms with Crippen LogP contribution in [0.15, 0.2) is 65.8 Å². The number of hydrogen-bond donors (Lipinski definition) is 1. The summed E-state index contributed by atoms with van der Waals surface area (Å²) < 4.78 is 18.3. The second kappa shape index (κ2) is 7.71. The van der Waals surface area contributed by atoms with Gasteiger partial charge in [0, 0.05) is 12.0 Å². The maximum absolute atomic E-state index is 13.4. The molecule has 1 N–H and O–H groups in total. The molecule has 4 rings (SSSR count). The third kappa shape index (κ3) is 3.80. The van der Waals surface area contributed by atoms with Crippen molar-refractivity contribution >= 4 is 34.0 Å². The molecule has 146 valence electrons. The van der Waals surface area contributed by atoms with Crippen LogP contribution in [-0.2, 0) is 14.4 Å². The lowest BCUT2D eigenvalue weighted by molar-refractivity contribution is -0.125. The van der Waals surface area contributed by atoms with Crippen LogP contribution >= 0.6 is 0 Å². The van der Waals surface area contributed by atoms with Crippen LogP contribution in [0.5, 0.6) is 0 Å². The van der Waals surface area contributed by atoms with E-state index in [1.165, 1.54) is 19.2 Å². The zero-order valence-electron chi connectivity index (χ0n) is 15.5. The largest absolute Gasteiger partial charge is 0.465 e. The fourth-order valence-corrected chi connectivity index (χ4v) is 3.19. The number of nitrogens with zero attached hydrogens (tertiary/aromatic N) is 1. The van der Waals surface area contributed by atoms with Crippen LogP contribution in [-0.4, -0.2) is 30.8 Å². The predicted octanol–water partition coefficient (Wildman–Crippen LogP) is 3.90. The molecule has 0 aliphatic carbocycles. The van der Waals surface area contributed by atoms with Gasteiger partial charge >= 0.3 is 5.97 Å². The molecule has 0 unspecified atom stereocenters. The van der Waals surface area contributed by atoms with E-state index < -0.39 is 23.8 Å². The maximum atomic E-state index is 13.4. The van der Waals surface area contributed by atoms with E-state index in [-0.39, 0.29) is 12.0 Å². The third-order valence-corrected chi connectivity index (χ3v) is 4.67. The first kappa shape index (κ1) is 18.6. The average molecular weight is 392 g/mol. The third-order valence-electron chi connectivity index (χ3n) is 4.67. The summed E-state index contributed by atoms with van der Waals surface area (Å²) in [6.45, 7) is 0. The van der Waals surface area contributed by atoms with E-state index >= 15 is 0 Å². The van der Waals surface area contributed by atoms with Gasteiger partial charge in [0.2, 0.25) is 6.10 Å². The molecule has 7 heteroatoms. The second-order valence-corrected chi connectivity index (χ2v) is 6.57. The van der Waals surface area contributed by atoms with Crippen molar-refractivity contribution in [2.45, 2.75) is 12.5 Å². The van der Waals surface area contributed by atoms with Gasteiger partial charge in [0.15, 0.2) is 0 Å². The molecule has 3 aromatic carbocycles. The number of esters is 1. The van der Waals surface area contributed by atoms with E-state index in [1.54, 1.807) is 24.3 Å². The Morgan fingerprint density at radius 3 is 2.59 bits per heavy atom. The highest BCUT2D eigenvalue weighted by Crippen LogP contribution is 2.26. The highest BCUT2D eigenvalue weighted by Gasteiger charge is 2.30. The molecule has 0 radical (unpaired) electrons. The van der Waals surface area contributed by atoms with Gasteiger partial charge in [0.25, 0.3) is 5.91 Å². The van der Waals surface area contributed by atoms with E-state index in [4.69, 9.17) is 9.57 Å². The number of oxime groups is 1. The summed E-state index contributed by atoms with van der Waals surface area (Å²) in [5.74, 6) is -1.41. The number of carbonyl (C=O) groups excluding carboxylic acids is 2. The number of nitrogens with one attached hydrogen (secondary N) is 1. The number of ether oxygens (including phenoxy) is 1. The summed E-state index contributed by atoms with van der Waals surface area (Å²) >= 11 is 0. The molecular weight excluding hydrogens is 375 g/mol. The van der Waals surface area contributed by atoms with E-state index in [0.717, 1.165) is 10.8 Å². The number of halogens is 1. The summed E-state index contributed by atoms with van der Waals surface area (Å²) in [7, 11) is 1.28. The van der Waals surface area contributed by atoms with Crippen LogP contribution in [0.2, 0.25) is 0 Å². The molecule has 0 saturated heterocycles. The monoisotopic (exact) mass is 392 g/mol. The molecule has 1 amide bonds. The molecule has 1 atom stereocenters. The molecule has 0 aromatic heterocycles. The fourth-order valence-electron chi connectivity index (χ4n) is 3.19. The lowest BCUT2D eigenvalue weighted by Crippen LogP contribution is -2.28. The van der Waals surface area contributed by atoms with Gasteiger partial charge in [-0.05, 0) is 35.0 Å². The van der Waals surface area contributed by atoms with Crippen molar-refractivity contribution in [2.75, 3.05) is 12.4 Å². The molecule has 29 heavy (non-hydrogen) atoms. The molecule has 1 heterocycles. The van der Waals surface area contributed by atoms with Gasteiger partial charge in [-0.3, -0.25) is 4.79 Å². The Bertz CT molecular complexity index is 1140. The number of rotatable bonds is 4. The minimum atomic E-state index is -0.884. The van der Waals surface area contributed by atoms with Crippen LogP contribution in [0.25, 0.3) is 10.8 Å². The van der Waals surface area contributed by atoms with Crippen molar-refractivity contribution in [3.05, 3.63) is 77.6 Å². The molecular formula is C22H17FN2O4. The zero-order chi connectivity index (χ0) is 20.4. The van der Waals surface area contributed by atoms with Crippen LogP contribution < -0.4 is 5.32 Å². The van der Waals surface area contributed by atoms with Gasteiger partial charge < -0.3 is 14.9 Å². The number of fused-ring (bicyclic) bond motifs is 1. The Hall–Kier alpha value is -3.74. The molecule has 0 fully saturated rings.